The van der Waals surface area contributed by atoms with E-state index in [1.807, 2.05) is 19.1 Å². The summed E-state index contributed by atoms with van der Waals surface area (Å²) in [4.78, 5) is 23.1. The first-order valence-corrected chi connectivity index (χ1v) is 6.43. The molecule has 1 aromatic rings. The van der Waals surface area contributed by atoms with Crippen molar-refractivity contribution in [2.75, 3.05) is 6.54 Å². The van der Waals surface area contributed by atoms with Crippen molar-refractivity contribution in [3.63, 3.8) is 0 Å². The summed E-state index contributed by atoms with van der Waals surface area (Å²) in [5.41, 5.74) is 0.755. The van der Waals surface area contributed by atoms with Gasteiger partial charge < -0.3 is 10.6 Å². The van der Waals surface area contributed by atoms with Crippen LogP contribution in [-0.4, -0.2) is 24.4 Å². The third-order valence-corrected chi connectivity index (χ3v) is 2.77. The van der Waals surface area contributed by atoms with Crippen molar-refractivity contribution in [2.45, 2.75) is 19.9 Å². The number of hydrogen-bond acceptors (Lipinski definition) is 2. The molecule has 1 rings (SSSR count). The number of carbonyl (C=O) groups excluding carboxylic acids is 2. The van der Waals surface area contributed by atoms with E-state index < -0.39 is 6.04 Å². The third-order valence-electron chi connectivity index (χ3n) is 2.42. The minimum atomic E-state index is -0.566. The lowest BCUT2D eigenvalue weighted by atomic mass is 10.2. The molecule has 0 radical (unpaired) electrons. The summed E-state index contributed by atoms with van der Waals surface area (Å²) in [5.74, 6) is -0.541. The van der Waals surface area contributed by atoms with Gasteiger partial charge >= 0.3 is 0 Å². The van der Waals surface area contributed by atoms with Crippen LogP contribution in [0.5, 0.6) is 0 Å². The topological polar surface area (TPSA) is 58.2 Å². The Morgan fingerprint density at radius 1 is 1.37 bits per heavy atom. The average molecular weight is 281 g/mol. The van der Waals surface area contributed by atoms with E-state index >= 15 is 0 Å². The average Bonchev–Trinajstić information content (AvgIpc) is 2.38. The van der Waals surface area contributed by atoms with Gasteiger partial charge in [-0.15, -0.1) is 0 Å². The van der Waals surface area contributed by atoms with Crippen molar-refractivity contribution in [1.29, 1.82) is 0 Å². The number of halogens is 1. The lowest BCUT2D eigenvalue weighted by Gasteiger charge is -2.11. The summed E-state index contributed by atoms with van der Waals surface area (Å²) in [6, 6.07) is 6.64. The SMILES string of the molecule is CCNC(=O)[C@@H](C)NC(=O)/C=C/c1ccccc1Cl. The number of amides is 2. The molecule has 0 saturated carbocycles. The molecule has 19 heavy (non-hydrogen) atoms. The molecule has 2 N–H and O–H groups in total. The quantitative estimate of drug-likeness (QED) is 0.811. The van der Waals surface area contributed by atoms with Gasteiger partial charge in [0.2, 0.25) is 11.8 Å². The van der Waals surface area contributed by atoms with Crippen molar-refractivity contribution >= 4 is 29.5 Å². The van der Waals surface area contributed by atoms with E-state index in [1.165, 1.54) is 6.08 Å². The van der Waals surface area contributed by atoms with Crippen LogP contribution in [0.15, 0.2) is 30.3 Å². The molecule has 0 unspecified atom stereocenters. The highest BCUT2D eigenvalue weighted by molar-refractivity contribution is 6.32. The normalized spacial score (nSPS) is 12.2. The number of hydrogen-bond donors (Lipinski definition) is 2. The van der Waals surface area contributed by atoms with E-state index in [4.69, 9.17) is 11.6 Å². The Hall–Kier alpha value is -1.81. The lowest BCUT2D eigenvalue weighted by molar-refractivity contribution is -0.126. The zero-order valence-electron chi connectivity index (χ0n) is 10.9. The minimum absolute atomic E-state index is 0.206. The zero-order chi connectivity index (χ0) is 14.3. The Morgan fingerprint density at radius 3 is 2.68 bits per heavy atom. The molecule has 0 aliphatic heterocycles. The van der Waals surface area contributed by atoms with Crippen molar-refractivity contribution < 1.29 is 9.59 Å². The van der Waals surface area contributed by atoms with Crippen molar-refractivity contribution in [2.24, 2.45) is 0 Å². The molecule has 102 valence electrons. The maximum absolute atomic E-state index is 11.6. The molecule has 5 heteroatoms. The fourth-order valence-electron chi connectivity index (χ4n) is 1.43. The Labute approximate surface area is 117 Å². The van der Waals surface area contributed by atoms with Gasteiger partial charge in [-0.05, 0) is 31.6 Å². The van der Waals surface area contributed by atoms with Crippen LogP contribution >= 0.6 is 11.6 Å². The molecule has 4 nitrogen and oxygen atoms in total. The van der Waals surface area contributed by atoms with Gasteiger partial charge in [-0.1, -0.05) is 29.8 Å². The maximum atomic E-state index is 11.6. The summed E-state index contributed by atoms with van der Waals surface area (Å²) in [6.07, 6.45) is 2.97. The first kappa shape index (κ1) is 15.2. The molecule has 0 aliphatic rings. The van der Waals surface area contributed by atoms with Crippen LogP contribution in [-0.2, 0) is 9.59 Å². The Morgan fingerprint density at radius 2 is 2.05 bits per heavy atom. The molecule has 0 saturated heterocycles. The van der Waals surface area contributed by atoms with E-state index in [0.29, 0.717) is 11.6 Å². The number of benzene rings is 1. The second kappa shape index (κ2) is 7.59. The van der Waals surface area contributed by atoms with Gasteiger partial charge in [-0.3, -0.25) is 9.59 Å². The molecule has 0 bridgehead atoms. The van der Waals surface area contributed by atoms with Crippen molar-refractivity contribution in [3.05, 3.63) is 40.9 Å². The first-order chi connectivity index (χ1) is 9.04. The number of nitrogens with one attached hydrogen (secondary N) is 2. The van der Waals surface area contributed by atoms with Crippen molar-refractivity contribution in [1.82, 2.24) is 10.6 Å². The predicted octanol–water partition coefficient (Wildman–Crippen LogP) is 1.99. The second-order valence-corrected chi connectivity index (χ2v) is 4.39. The standard InChI is InChI=1S/C14H17ClN2O2/c1-3-16-14(19)10(2)17-13(18)9-8-11-6-4-5-7-12(11)15/h4-10H,3H2,1-2H3,(H,16,19)(H,17,18)/b9-8+/t10-/m1/s1. The van der Waals surface area contributed by atoms with E-state index in [9.17, 15) is 9.59 Å². The Bertz CT molecular complexity index is 486. The van der Waals surface area contributed by atoms with Gasteiger partial charge in [0.05, 0.1) is 0 Å². The highest BCUT2D eigenvalue weighted by Gasteiger charge is 2.12. The molecule has 0 fully saturated rings. The van der Waals surface area contributed by atoms with Crippen LogP contribution in [0.1, 0.15) is 19.4 Å². The van der Waals surface area contributed by atoms with Gasteiger partial charge in [0.25, 0.3) is 0 Å². The maximum Gasteiger partial charge on any atom is 0.244 e. The van der Waals surface area contributed by atoms with Gasteiger partial charge in [-0.2, -0.15) is 0 Å². The van der Waals surface area contributed by atoms with Crippen LogP contribution in [0.4, 0.5) is 0 Å². The Kier molecular flexibility index (Phi) is 6.09. The van der Waals surface area contributed by atoms with Crippen LogP contribution in [0.3, 0.4) is 0 Å². The highest BCUT2D eigenvalue weighted by Crippen LogP contribution is 2.15. The van der Waals surface area contributed by atoms with E-state index in [1.54, 1.807) is 25.1 Å². The molecule has 1 aromatic carbocycles. The number of likely N-dealkylation sites (N-methyl/N-ethyl adjacent to an activating group) is 1. The first-order valence-electron chi connectivity index (χ1n) is 6.05. The summed E-state index contributed by atoms with van der Waals surface area (Å²) < 4.78 is 0. The number of rotatable bonds is 5. The fourth-order valence-corrected chi connectivity index (χ4v) is 1.63. The number of carbonyl (C=O) groups is 2. The highest BCUT2D eigenvalue weighted by atomic mass is 35.5. The molecule has 1 atom stereocenters. The minimum Gasteiger partial charge on any atom is -0.355 e. The van der Waals surface area contributed by atoms with Gasteiger partial charge in [0.1, 0.15) is 6.04 Å². The van der Waals surface area contributed by atoms with E-state index in [0.717, 1.165) is 5.56 Å². The van der Waals surface area contributed by atoms with Crippen LogP contribution in [0.25, 0.3) is 6.08 Å². The van der Waals surface area contributed by atoms with Crippen LogP contribution in [0, 0.1) is 0 Å². The van der Waals surface area contributed by atoms with Gasteiger partial charge in [0, 0.05) is 17.6 Å². The summed E-state index contributed by atoms with van der Waals surface area (Å²) >= 11 is 5.96. The molecular formula is C14H17ClN2O2. The molecule has 0 aliphatic carbocycles. The zero-order valence-corrected chi connectivity index (χ0v) is 11.7. The summed E-state index contributed by atoms with van der Waals surface area (Å²) in [5, 5.41) is 5.78. The second-order valence-electron chi connectivity index (χ2n) is 3.98. The Balaban J connectivity index is 2.56. The van der Waals surface area contributed by atoms with Gasteiger partial charge in [0.15, 0.2) is 0 Å². The predicted molar refractivity (Wildman–Crippen MR) is 76.8 cm³/mol. The fraction of sp³-hybridized carbons (Fsp3) is 0.286. The van der Waals surface area contributed by atoms with Crippen LogP contribution in [0.2, 0.25) is 5.02 Å². The lowest BCUT2D eigenvalue weighted by Crippen LogP contribution is -2.44. The van der Waals surface area contributed by atoms with Crippen molar-refractivity contribution in [3.8, 4) is 0 Å². The summed E-state index contributed by atoms with van der Waals surface area (Å²) in [7, 11) is 0. The van der Waals surface area contributed by atoms with E-state index in [-0.39, 0.29) is 11.8 Å². The largest absolute Gasteiger partial charge is 0.355 e. The molecule has 2 amide bonds. The third kappa shape index (κ3) is 5.14. The van der Waals surface area contributed by atoms with E-state index in [2.05, 4.69) is 10.6 Å². The van der Waals surface area contributed by atoms with Crippen LogP contribution < -0.4 is 10.6 Å². The molecular weight excluding hydrogens is 264 g/mol. The molecule has 0 aromatic heterocycles. The molecule has 0 heterocycles. The smallest absolute Gasteiger partial charge is 0.244 e. The summed E-state index contributed by atoms with van der Waals surface area (Å²) in [6.45, 7) is 3.99. The molecule has 0 spiro atoms. The van der Waals surface area contributed by atoms with Gasteiger partial charge in [-0.25, -0.2) is 0 Å². The monoisotopic (exact) mass is 280 g/mol.